The number of aromatic hydroxyl groups is 1. The SMILES string of the molecule is Cc1cc(C=C2SC(=O)N(CC(=O)N3CCCC3)C2=O)c(C)n1-c1ccc(O)cc1. The van der Waals surface area contributed by atoms with Gasteiger partial charge in [0, 0.05) is 30.2 Å². The number of carbonyl (C=O) groups excluding carboxylic acids is 3. The van der Waals surface area contributed by atoms with Crippen molar-refractivity contribution in [2.45, 2.75) is 26.7 Å². The molecule has 2 aliphatic rings. The molecule has 0 bridgehead atoms. The first-order valence-corrected chi connectivity index (χ1v) is 10.7. The molecule has 30 heavy (non-hydrogen) atoms. The molecule has 0 saturated carbocycles. The smallest absolute Gasteiger partial charge is 0.294 e. The Morgan fingerprint density at radius 3 is 2.47 bits per heavy atom. The van der Waals surface area contributed by atoms with Gasteiger partial charge in [0.15, 0.2) is 0 Å². The molecule has 0 aliphatic carbocycles. The molecule has 0 spiro atoms. The number of benzene rings is 1. The number of amides is 3. The van der Waals surface area contributed by atoms with Gasteiger partial charge in [-0.15, -0.1) is 0 Å². The van der Waals surface area contributed by atoms with Crippen LogP contribution in [-0.4, -0.2) is 56.2 Å². The number of rotatable bonds is 4. The first-order valence-electron chi connectivity index (χ1n) is 9.86. The monoisotopic (exact) mass is 425 g/mol. The summed E-state index contributed by atoms with van der Waals surface area (Å²) in [5, 5.41) is 9.11. The van der Waals surface area contributed by atoms with E-state index in [-0.39, 0.29) is 18.2 Å². The molecule has 2 aliphatic heterocycles. The number of hydrogen-bond acceptors (Lipinski definition) is 5. The van der Waals surface area contributed by atoms with E-state index in [0.717, 1.165) is 52.1 Å². The van der Waals surface area contributed by atoms with Gasteiger partial charge in [0.2, 0.25) is 5.91 Å². The van der Waals surface area contributed by atoms with Gasteiger partial charge in [-0.2, -0.15) is 0 Å². The Balaban J connectivity index is 1.57. The molecule has 3 heterocycles. The first-order chi connectivity index (χ1) is 14.3. The first kappa shape index (κ1) is 20.3. The van der Waals surface area contributed by atoms with E-state index in [2.05, 4.69) is 0 Å². The van der Waals surface area contributed by atoms with Crippen molar-refractivity contribution in [3.63, 3.8) is 0 Å². The normalized spacial score (nSPS) is 18.1. The minimum Gasteiger partial charge on any atom is -0.508 e. The van der Waals surface area contributed by atoms with E-state index in [0.29, 0.717) is 18.0 Å². The molecular weight excluding hydrogens is 402 g/mol. The van der Waals surface area contributed by atoms with E-state index >= 15 is 0 Å². The topological polar surface area (TPSA) is 82.9 Å². The summed E-state index contributed by atoms with van der Waals surface area (Å²) in [6.07, 6.45) is 3.64. The summed E-state index contributed by atoms with van der Waals surface area (Å²) in [6, 6.07) is 8.83. The Morgan fingerprint density at radius 2 is 1.80 bits per heavy atom. The van der Waals surface area contributed by atoms with Crippen LogP contribution in [0.2, 0.25) is 0 Å². The number of carbonyl (C=O) groups is 3. The molecule has 0 atom stereocenters. The van der Waals surface area contributed by atoms with Gasteiger partial charge in [-0.05, 0) is 80.4 Å². The average Bonchev–Trinajstić information content (AvgIpc) is 3.40. The quantitative estimate of drug-likeness (QED) is 0.759. The third-order valence-corrected chi connectivity index (χ3v) is 6.40. The highest BCUT2D eigenvalue weighted by atomic mass is 32.2. The fraction of sp³-hybridized carbons (Fsp3) is 0.318. The number of likely N-dealkylation sites (tertiary alicyclic amines) is 1. The van der Waals surface area contributed by atoms with Crippen molar-refractivity contribution < 1.29 is 19.5 Å². The molecule has 7 nitrogen and oxygen atoms in total. The van der Waals surface area contributed by atoms with Crippen molar-refractivity contribution in [2.75, 3.05) is 19.6 Å². The van der Waals surface area contributed by atoms with Crippen LogP contribution in [0.3, 0.4) is 0 Å². The zero-order valence-corrected chi connectivity index (χ0v) is 17.7. The molecular formula is C22H23N3O4S. The zero-order chi connectivity index (χ0) is 21.4. The number of nitrogens with zero attached hydrogens (tertiary/aromatic N) is 3. The minimum absolute atomic E-state index is 0.179. The summed E-state index contributed by atoms with van der Waals surface area (Å²) in [5.74, 6) is -0.410. The van der Waals surface area contributed by atoms with E-state index in [4.69, 9.17) is 0 Å². The Kier molecular flexibility index (Phi) is 5.42. The van der Waals surface area contributed by atoms with Crippen LogP contribution >= 0.6 is 11.8 Å². The predicted molar refractivity (Wildman–Crippen MR) is 115 cm³/mol. The average molecular weight is 426 g/mol. The summed E-state index contributed by atoms with van der Waals surface area (Å²) in [7, 11) is 0. The van der Waals surface area contributed by atoms with E-state index in [1.165, 1.54) is 0 Å². The number of phenols is 1. The summed E-state index contributed by atoms with van der Waals surface area (Å²) >= 11 is 0.868. The van der Waals surface area contributed by atoms with E-state index in [9.17, 15) is 19.5 Å². The lowest BCUT2D eigenvalue weighted by Crippen LogP contribution is -2.40. The van der Waals surface area contributed by atoms with Gasteiger partial charge < -0.3 is 14.6 Å². The van der Waals surface area contributed by atoms with Crippen LogP contribution in [0.4, 0.5) is 4.79 Å². The van der Waals surface area contributed by atoms with Crippen LogP contribution < -0.4 is 0 Å². The standard InChI is InChI=1S/C22H23N3O4S/c1-14-11-16(15(2)25(14)17-5-7-18(26)8-6-17)12-19-21(28)24(22(29)30-19)13-20(27)23-9-3-4-10-23/h5-8,11-12,26H,3-4,9-10,13H2,1-2H3. The second kappa shape index (κ2) is 8.02. The highest BCUT2D eigenvalue weighted by Gasteiger charge is 2.37. The van der Waals surface area contributed by atoms with Gasteiger partial charge in [-0.3, -0.25) is 19.3 Å². The summed E-state index contributed by atoms with van der Waals surface area (Å²) < 4.78 is 2.02. The van der Waals surface area contributed by atoms with Crippen LogP contribution in [0.5, 0.6) is 5.75 Å². The molecule has 156 valence electrons. The molecule has 2 aromatic rings. The third kappa shape index (κ3) is 3.75. The number of hydrogen-bond donors (Lipinski definition) is 1. The fourth-order valence-corrected chi connectivity index (χ4v) is 4.74. The molecule has 0 radical (unpaired) electrons. The van der Waals surface area contributed by atoms with Crippen LogP contribution in [0, 0.1) is 13.8 Å². The molecule has 4 rings (SSSR count). The van der Waals surface area contributed by atoms with Crippen molar-refractivity contribution >= 4 is 34.9 Å². The van der Waals surface area contributed by atoms with Gasteiger partial charge >= 0.3 is 0 Å². The van der Waals surface area contributed by atoms with Gasteiger partial charge in [0.05, 0.1) is 4.91 Å². The molecule has 1 aromatic heterocycles. The number of imide groups is 1. The van der Waals surface area contributed by atoms with Crippen molar-refractivity contribution in [1.82, 2.24) is 14.4 Å². The lowest BCUT2D eigenvalue weighted by atomic mass is 10.2. The molecule has 8 heteroatoms. The highest BCUT2D eigenvalue weighted by molar-refractivity contribution is 8.18. The maximum atomic E-state index is 12.8. The third-order valence-electron chi connectivity index (χ3n) is 5.49. The lowest BCUT2D eigenvalue weighted by Gasteiger charge is -2.18. The molecule has 0 unspecified atom stereocenters. The summed E-state index contributed by atoms with van der Waals surface area (Å²) in [4.78, 5) is 40.6. The van der Waals surface area contributed by atoms with Crippen molar-refractivity contribution in [3.05, 3.63) is 52.2 Å². The van der Waals surface area contributed by atoms with E-state index in [1.807, 2.05) is 36.6 Å². The van der Waals surface area contributed by atoms with Gasteiger partial charge in [0.25, 0.3) is 11.1 Å². The van der Waals surface area contributed by atoms with Gasteiger partial charge in [-0.1, -0.05) is 0 Å². The van der Waals surface area contributed by atoms with Gasteiger partial charge in [0.1, 0.15) is 12.3 Å². The van der Waals surface area contributed by atoms with Crippen molar-refractivity contribution in [1.29, 1.82) is 0 Å². The Bertz CT molecular complexity index is 1050. The van der Waals surface area contributed by atoms with Gasteiger partial charge in [-0.25, -0.2) is 0 Å². The van der Waals surface area contributed by atoms with E-state index < -0.39 is 11.1 Å². The second-order valence-corrected chi connectivity index (χ2v) is 8.53. The Hall–Kier alpha value is -3.00. The number of aromatic nitrogens is 1. The van der Waals surface area contributed by atoms with Crippen molar-refractivity contribution in [2.24, 2.45) is 0 Å². The van der Waals surface area contributed by atoms with Crippen LogP contribution in [0.15, 0.2) is 35.2 Å². The predicted octanol–water partition coefficient (Wildman–Crippen LogP) is 3.46. The maximum absolute atomic E-state index is 12.8. The van der Waals surface area contributed by atoms with Crippen LogP contribution in [0.25, 0.3) is 11.8 Å². The van der Waals surface area contributed by atoms with Crippen LogP contribution in [-0.2, 0) is 9.59 Å². The molecule has 2 saturated heterocycles. The summed E-state index contributed by atoms with van der Waals surface area (Å²) in [6.45, 7) is 5.07. The summed E-state index contributed by atoms with van der Waals surface area (Å²) in [5.41, 5.74) is 3.61. The number of phenolic OH excluding ortho intramolecular Hbond substituents is 1. The van der Waals surface area contributed by atoms with Crippen molar-refractivity contribution in [3.8, 4) is 11.4 Å². The largest absolute Gasteiger partial charge is 0.508 e. The maximum Gasteiger partial charge on any atom is 0.294 e. The Labute approximate surface area is 179 Å². The highest BCUT2D eigenvalue weighted by Crippen LogP contribution is 2.34. The van der Waals surface area contributed by atoms with Crippen LogP contribution in [0.1, 0.15) is 29.8 Å². The minimum atomic E-state index is -0.424. The lowest BCUT2D eigenvalue weighted by molar-refractivity contribution is -0.135. The molecule has 1 N–H and O–H groups in total. The number of aryl methyl sites for hydroxylation is 1. The second-order valence-electron chi connectivity index (χ2n) is 7.53. The molecule has 3 amide bonds. The molecule has 2 fully saturated rings. The Morgan fingerprint density at radius 1 is 1.13 bits per heavy atom. The number of thioether (sulfide) groups is 1. The van der Waals surface area contributed by atoms with E-state index in [1.54, 1.807) is 23.1 Å². The fourth-order valence-electron chi connectivity index (χ4n) is 3.91. The zero-order valence-electron chi connectivity index (χ0n) is 16.9. The molecule has 1 aromatic carbocycles.